The van der Waals surface area contributed by atoms with Crippen LogP contribution < -0.4 is 5.32 Å². The molecule has 1 aromatic rings. The molecular formula is C9H14N2O2. The summed E-state index contributed by atoms with van der Waals surface area (Å²) in [5.41, 5.74) is 0.867. The molecule has 1 fully saturated rings. The summed E-state index contributed by atoms with van der Waals surface area (Å²) in [6.07, 6.45) is 4.27. The molecule has 1 aliphatic rings. The molecule has 1 aromatic heterocycles. The first-order chi connectivity index (χ1) is 6.45. The smallest absolute Gasteiger partial charge is 0.180 e. The van der Waals surface area contributed by atoms with Gasteiger partial charge in [-0.15, -0.1) is 0 Å². The van der Waals surface area contributed by atoms with Crippen molar-refractivity contribution in [3.8, 4) is 0 Å². The maximum absolute atomic E-state index is 5.50. The maximum Gasteiger partial charge on any atom is 0.180 e. The van der Waals surface area contributed by atoms with Gasteiger partial charge in [0.15, 0.2) is 6.39 Å². The molecule has 1 atom stereocenters. The Morgan fingerprint density at radius 3 is 3.38 bits per heavy atom. The van der Waals surface area contributed by atoms with Gasteiger partial charge in [-0.05, 0) is 18.9 Å². The van der Waals surface area contributed by atoms with Gasteiger partial charge < -0.3 is 14.5 Å². The van der Waals surface area contributed by atoms with Crippen LogP contribution in [-0.2, 0) is 11.3 Å². The van der Waals surface area contributed by atoms with E-state index in [1.807, 2.05) is 0 Å². The highest BCUT2D eigenvalue weighted by Crippen LogP contribution is 2.08. The van der Waals surface area contributed by atoms with Crippen LogP contribution in [0.2, 0.25) is 0 Å². The van der Waals surface area contributed by atoms with Crippen molar-refractivity contribution in [3.63, 3.8) is 0 Å². The lowest BCUT2D eigenvalue weighted by Crippen LogP contribution is -2.13. The average Bonchev–Trinajstić information content (AvgIpc) is 2.75. The van der Waals surface area contributed by atoms with Gasteiger partial charge in [0.2, 0.25) is 0 Å². The van der Waals surface area contributed by atoms with Crippen LogP contribution in [0.1, 0.15) is 12.1 Å². The van der Waals surface area contributed by atoms with E-state index in [0.29, 0.717) is 12.5 Å². The zero-order chi connectivity index (χ0) is 8.93. The molecule has 0 aliphatic carbocycles. The third-order valence-electron chi connectivity index (χ3n) is 2.25. The average molecular weight is 182 g/mol. The third-order valence-corrected chi connectivity index (χ3v) is 2.25. The first kappa shape index (κ1) is 8.72. The van der Waals surface area contributed by atoms with Gasteiger partial charge in [-0.3, -0.25) is 0 Å². The van der Waals surface area contributed by atoms with Gasteiger partial charge in [0, 0.05) is 6.54 Å². The monoisotopic (exact) mass is 182 g/mol. The number of hydrogen-bond donors (Lipinski definition) is 1. The number of oxazole rings is 1. The zero-order valence-electron chi connectivity index (χ0n) is 7.53. The van der Waals surface area contributed by atoms with E-state index in [0.717, 1.165) is 25.4 Å². The van der Waals surface area contributed by atoms with E-state index >= 15 is 0 Å². The van der Waals surface area contributed by atoms with E-state index in [4.69, 9.17) is 9.15 Å². The Hall–Kier alpha value is -0.870. The fourth-order valence-corrected chi connectivity index (χ4v) is 1.50. The molecule has 1 saturated heterocycles. The summed E-state index contributed by atoms with van der Waals surface area (Å²) < 4.78 is 10.3. The minimum absolute atomic E-state index is 0.562. The second kappa shape index (κ2) is 4.39. The van der Waals surface area contributed by atoms with Crippen molar-refractivity contribution in [2.24, 2.45) is 5.92 Å². The van der Waals surface area contributed by atoms with Crippen LogP contribution in [0, 0.1) is 5.92 Å². The Bertz CT molecular complexity index is 230. The molecular weight excluding hydrogens is 168 g/mol. The second-order valence-corrected chi connectivity index (χ2v) is 3.35. The largest absolute Gasteiger partial charge is 0.451 e. The number of rotatable bonds is 4. The summed E-state index contributed by atoms with van der Waals surface area (Å²) in [4.78, 5) is 3.97. The van der Waals surface area contributed by atoms with Crippen LogP contribution in [0.3, 0.4) is 0 Å². The van der Waals surface area contributed by atoms with Crippen LogP contribution in [0.15, 0.2) is 17.1 Å². The van der Waals surface area contributed by atoms with Crippen LogP contribution in [0.25, 0.3) is 0 Å². The van der Waals surface area contributed by atoms with Gasteiger partial charge >= 0.3 is 0 Å². The van der Waals surface area contributed by atoms with Crippen molar-refractivity contribution in [2.75, 3.05) is 19.7 Å². The predicted octanol–water partition coefficient (Wildman–Crippen LogP) is 0.801. The second-order valence-electron chi connectivity index (χ2n) is 3.35. The molecule has 0 bridgehead atoms. The highest BCUT2D eigenvalue weighted by molar-refractivity contribution is 4.87. The van der Waals surface area contributed by atoms with Crippen molar-refractivity contribution < 1.29 is 9.15 Å². The van der Waals surface area contributed by atoms with E-state index in [1.165, 1.54) is 12.8 Å². The van der Waals surface area contributed by atoms with Crippen molar-refractivity contribution in [3.05, 3.63) is 18.4 Å². The quantitative estimate of drug-likeness (QED) is 0.748. The van der Waals surface area contributed by atoms with E-state index < -0.39 is 0 Å². The Morgan fingerprint density at radius 2 is 2.69 bits per heavy atom. The topological polar surface area (TPSA) is 47.3 Å². The molecule has 4 nitrogen and oxygen atoms in total. The number of nitrogens with zero attached hydrogens (tertiary/aromatic N) is 1. The van der Waals surface area contributed by atoms with Gasteiger partial charge in [0.1, 0.15) is 12.0 Å². The summed E-state index contributed by atoms with van der Waals surface area (Å²) in [5.74, 6) is 0.673. The van der Waals surface area contributed by atoms with E-state index in [-0.39, 0.29) is 0 Å². The summed E-state index contributed by atoms with van der Waals surface area (Å²) in [6, 6.07) is 0. The van der Waals surface area contributed by atoms with Gasteiger partial charge in [-0.2, -0.15) is 0 Å². The first-order valence-corrected chi connectivity index (χ1v) is 4.60. The Morgan fingerprint density at radius 1 is 1.69 bits per heavy atom. The molecule has 1 aliphatic heterocycles. The standard InChI is InChI=1S/C9H14N2O2/c1-2-10-3-8(1)4-12-5-9-6-13-7-11-9/h6-8,10H,1-5H2/t8-/m0/s1. The molecule has 0 spiro atoms. The lowest BCUT2D eigenvalue weighted by Gasteiger charge is -2.07. The van der Waals surface area contributed by atoms with E-state index in [1.54, 1.807) is 6.26 Å². The van der Waals surface area contributed by atoms with E-state index in [2.05, 4.69) is 10.3 Å². The van der Waals surface area contributed by atoms with Gasteiger partial charge in [-0.1, -0.05) is 0 Å². The lowest BCUT2D eigenvalue weighted by atomic mass is 10.1. The fourth-order valence-electron chi connectivity index (χ4n) is 1.50. The third kappa shape index (κ3) is 2.54. The molecule has 4 heteroatoms. The van der Waals surface area contributed by atoms with Crippen LogP contribution in [-0.4, -0.2) is 24.7 Å². The predicted molar refractivity (Wildman–Crippen MR) is 47.1 cm³/mol. The van der Waals surface area contributed by atoms with E-state index in [9.17, 15) is 0 Å². The SMILES string of the molecule is c1nc(COC[C@H]2CCNC2)co1. The molecule has 0 radical (unpaired) electrons. The van der Waals surface area contributed by atoms with Crippen molar-refractivity contribution in [2.45, 2.75) is 13.0 Å². The Balaban J connectivity index is 1.63. The molecule has 0 aromatic carbocycles. The minimum atomic E-state index is 0.562. The summed E-state index contributed by atoms with van der Waals surface area (Å²) >= 11 is 0. The minimum Gasteiger partial charge on any atom is -0.451 e. The van der Waals surface area contributed by atoms with Crippen LogP contribution in [0.4, 0.5) is 0 Å². The molecule has 0 amide bonds. The normalized spacial score (nSPS) is 22.3. The van der Waals surface area contributed by atoms with Crippen molar-refractivity contribution in [1.82, 2.24) is 10.3 Å². The maximum atomic E-state index is 5.50. The summed E-state index contributed by atoms with van der Waals surface area (Å²) in [5, 5.41) is 3.30. The molecule has 1 N–H and O–H groups in total. The molecule has 72 valence electrons. The van der Waals surface area contributed by atoms with Crippen molar-refractivity contribution in [1.29, 1.82) is 0 Å². The highest BCUT2D eigenvalue weighted by Gasteiger charge is 2.14. The van der Waals surface area contributed by atoms with Gasteiger partial charge in [0.05, 0.1) is 13.2 Å². The van der Waals surface area contributed by atoms with Gasteiger partial charge in [0.25, 0.3) is 0 Å². The lowest BCUT2D eigenvalue weighted by molar-refractivity contribution is 0.0902. The first-order valence-electron chi connectivity index (χ1n) is 4.60. The summed E-state index contributed by atoms with van der Waals surface area (Å²) in [6.45, 7) is 3.59. The highest BCUT2D eigenvalue weighted by atomic mass is 16.5. The van der Waals surface area contributed by atoms with Gasteiger partial charge in [-0.25, -0.2) is 4.98 Å². The zero-order valence-corrected chi connectivity index (χ0v) is 7.53. The molecule has 13 heavy (non-hydrogen) atoms. The number of hydrogen-bond acceptors (Lipinski definition) is 4. The van der Waals surface area contributed by atoms with Crippen molar-refractivity contribution >= 4 is 0 Å². The fraction of sp³-hybridized carbons (Fsp3) is 0.667. The Labute approximate surface area is 77.3 Å². The summed E-state index contributed by atoms with van der Waals surface area (Å²) in [7, 11) is 0. The molecule has 2 heterocycles. The Kier molecular flexibility index (Phi) is 2.94. The number of aromatic nitrogens is 1. The van der Waals surface area contributed by atoms with Crippen LogP contribution >= 0.6 is 0 Å². The van der Waals surface area contributed by atoms with Crippen LogP contribution in [0.5, 0.6) is 0 Å². The number of nitrogens with one attached hydrogen (secondary N) is 1. The number of ether oxygens (including phenoxy) is 1. The molecule has 0 saturated carbocycles. The molecule has 0 unspecified atom stereocenters. The molecule has 2 rings (SSSR count).